The molecule has 2 aliphatic heterocycles. The maximum atomic E-state index is 13.2. The predicted molar refractivity (Wildman–Crippen MR) is 101 cm³/mol. The summed E-state index contributed by atoms with van der Waals surface area (Å²) in [6.45, 7) is 5.47. The van der Waals surface area contributed by atoms with Gasteiger partial charge in [-0.3, -0.25) is 10.3 Å². The number of nitrogens with one attached hydrogen (secondary N) is 2. The average molecular weight is 366 g/mol. The van der Waals surface area contributed by atoms with Gasteiger partial charge in [-0.25, -0.2) is 14.8 Å². The van der Waals surface area contributed by atoms with Gasteiger partial charge in [-0.2, -0.15) is 5.26 Å². The first kappa shape index (κ1) is 17.9. The van der Waals surface area contributed by atoms with Crippen LogP contribution >= 0.6 is 0 Å². The van der Waals surface area contributed by atoms with E-state index in [1.165, 1.54) is 12.1 Å². The number of nitrogens with zero attached hydrogens (tertiary/aromatic N) is 4. The highest BCUT2D eigenvalue weighted by Gasteiger charge is 2.31. The molecule has 2 aromatic rings. The first-order valence-electron chi connectivity index (χ1n) is 9.31. The highest BCUT2D eigenvalue weighted by molar-refractivity contribution is 5.53. The Bertz CT molecular complexity index is 810. The molecule has 0 spiro atoms. The van der Waals surface area contributed by atoms with Gasteiger partial charge in [0.15, 0.2) is 0 Å². The van der Waals surface area contributed by atoms with Gasteiger partial charge in [0.05, 0.1) is 11.6 Å². The van der Waals surface area contributed by atoms with Gasteiger partial charge in [0.25, 0.3) is 0 Å². The van der Waals surface area contributed by atoms with Crippen LogP contribution in [0, 0.1) is 23.1 Å². The number of hydrogen-bond donors (Lipinski definition) is 2. The second kappa shape index (κ2) is 8.01. The smallest absolute Gasteiger partial charge is 0.146 e. The Morgan fingerprint density at radius 1 is 1.15 bits per heavy atom. The van der Waals surface area contributed by atoms with Gasteiger partial charge < -0.3 is 4.90 Å². The zero-order valence-electron chi connectivity index (χ0n) is 15.1. The fourth-order valence-electron chi connectivity index (χ4n) is 3.94. The molecule has 1 aromatic heterocycles. The van der Waals surface area contributed by atoms with Crippen LogP contribution in [0.4, 0.5) is 10.2 Å². The molecule has 2 fully saturated rings. The third-order valence-electron chi connectivity index (χ3n) is 5.39. The fraction of sp³-hybridized carbons (Fsp3) is 0.400. The van der Waals surface area contributed by atoms with Gasteiger partial charge >= 0.3 is 0 Å². The Balaban J connectivity index is 1.36. The summed E-state index contributed by atoms with van der Waals surface area (Å²) in [4.78, 5) is 9.05. The van der Waals surface area contributed by atoms with E-state index in [1.807, 2.05) is 18.2 Å². The molecule has 140 valence electrons. The minimum Gasteiger partial charge on any atom is -0.353 e. The normalized spacial score (nSPS) is 23.3. The fourth-order valence-corrected chi connectivity index (χ4v) is 3.94. The SMILES string of the molecule is N#Cc1cccnc1N1CCN(CC2CNNC2c2ccc(F)cc2)CC1. The number of hydrazine groups is 1. The molecular weight excluding hydrogens is 343 g/mol. The summed E-state index contributed by atoms with van der Waals surface area (Å²) >= 11 is 0. The van der Waals surface area contributed by atoms with Gasteiger partial charge in [0, 0.05) is 51.4 Å². The van der Waals surface area contributed by atoms with E-state index in [-0.39, 0.29) is 11.9 Å². The third-order valence-corrected chi connectivity index (χ3v) is 5.39. The zero-order chi connectivity index (χ0) is 18.6. The topological polar surface area (TPSA) is 67.2 Å². The lowest BCUT2D eigenvalue weighted by Gasteiger charge is -2.37. The van der Waals surface area contributed by atoms with E-state index in [9.17, 15) is 9.65 Å². The largest absolute Gasteiger partial charge is 0.353 e. The van der Waals surface area contributed by atoms with E-state index in [0.717, 1.165) is 50.6 Å². The molecule has 0 saturated carbocycles. The number of pyridine rings is 1. The summed E-state index contributed by atoms with van der Waals surface area (Å²) in [6, 6.07) is 12.8. The second-order valence-electron chi connectivity index (χ2n) is 7.09. The highest BCUT2D eigenvalue weighted by Crippen LogP contribution is 2.26. The molecular formula is C20H23FN6. The minimum atomic E-state index is -0.205. The molecule has 0 amide bonds. The molecule has 2 unspecified atom stereocenters. The van der Waals surface area contributed by atoms with Crippen LogP contribution in [0.2, 0.25) is 0 Å². The van der Waals surface area contributed by atoms with Gasteiger partial charge in [0.2, 0.25) is 0 Å². The summed E-state index contributed by atoms with van der Waals surface area (Å²) in [5.41, 5.74) is 8.31. The van der Waals surface area contributed by atoms with Crippen molar-refractivity contribution in [3.63, 3.8) is 0 Å². The van der Waals surface area contributed by atoms with Crippen LogP contribution in [0.5, 0.6) is 0 Å². The van der Waals surface area contributed by atoms with Crippen molar-refractivity contribution in [2.75, 3.05) is 44.2 Å². The van der Waals surface area contributed by atoms with Gasteiger partial charge in [-0.05, 0) is 29.8 Å². The lowest BCUT2D eigenvalue weighted by molar-refractivity contribution is 0.214. The maximum Gasteiger partial charge on any atom is 0.146 e. The summed E-state index contributed by atoms with van der Waals surface area (Å²) < 4.78 is 13.2. The number of aromatic nitrogens is 1. The number of halogens is 1. The molecule has 6 nitrogen and oxygen atoms in total. The Labute approximate surface area is 158 Å². The number of anilines is 1. The van der Waals surface area contributed by atoms with E-state index >= 15 is 0 Å². The summed E-state index contributed by atoms with van der Waals surface area (Å²) in [5, 5.41) is 9.28. The molecule has 0 radical (unpaired) electrons. The van der Waals surface area contributed by atoms with E-state index in [0.29, 0.717) is 11.5 Å². The first-order chi connectivity index (χ1) is 13.2. The Hall–Kier alpha value is -2.53. The van der Waals surface area contributed by atoms with Gasteiger partial charge in [-0.15, -0.1) is 0 Å². The van der Waals surface area contributed by atoms with Crippen LogP contribution in [0.25, 0.3) is 0 Å². The van der Waals surface area contributed by atoms with E-state index in [1.54, 1.807) is 12.3 Å². The quantitative estimate of drug-likeness (QED) is 0.858. The third kappa shape index (κ3) is 3.93. The predicted octanol–water partition coefficient (Wildman–Crippen LogP) is 1.68. The van der Waals surface area contributed by atoms with Crippen molar-refractivity contribution in [2.24, 2.45) is 5.92 Å². The Kier molecular flexibility index (Phi) is 5.30. The van der Waals surface area contributed by atoms with E-state index in [4.69, 9.17) is 0 Å². The van der Waals surface area contributed by atoms with Gasteiger partial charge in [0.1, 0.15) is 17.7 Å². The van der Waals surface area contributed by atoms with Crippen molar-refractivity contribution >= 4 is 5.82 Å². The van der Waals surface area contributed by atoms with Crippen LogP contribution < -0.4 is 15.8 Å². The molecule has 0 aliphatic carbocycles. The van der Waals surface area contributed by atoms with Crippen molar-refractivity contribution < 1.29 is 4.39 Å². The molecule has 0 bridgehead atoms. The number of piperazine rings is 1. The molecule has 4 rings (SSSR count). The van der Waals surface area contributed by atoms with E-state index < -0.39 is 0 Å². The summed E-state index contributed by atoms with van der Waals surface area (Å²) in [7, 11) is 0. The second-order valence-corrected chi connectivity index (χ2v) is 7.09. The highest BCUT2D eigenvalue weighted by atomic mass is 19.1. The lowest BCUT2D eigenvalue weighted by atomic mass is 9.94. The van der Waals surface area contributed by atoms with Crippen LogP contribution in [0.15, 0.2) is 42.6 Å². The van der Waals surface area contributed by atoms with Crippen molar-refractivity contribution in [3.8, 4) is 6.07 Å². The maximum absolute atomic E-state index is 13.2. The molecule has 2 aliphatic rings. The molecule has 27 heavy (non-hydrogen) atoms. The summed E-state index contributed by atoms with van der Waals surface area (Å²) in [5.74, 6) is 1.00. The van der Waals surface area contributed by atoms with Crippen LogP contribution in [0.1, 0.15) is 17.2 Å². The molecule has 2 saturated heterocycles. The average Bonchev–Trinajstić information content (AvgIpc) is 3.17. The minimum absolute atomic E-state index is 0.185. The van der Waals surface area contributed by atoms with Crippen LogP contribution in [-0.4, -0.2) is 49.2 Å². The number of hydrogen-bond acceptors (Lipinski definition) is 6. The monoisotopic (exact) mass is 366 g/mol. The van der Waals surface area contributed by atoms with Crippen molar-refractivity contribution in [1.29, 1.82) is 5.26 Å². The van der Waals surface area contributed by atoms with Crippen LogP contribution in [-0.2, 0) is 0 Å². The van der Waals surface area contributed by atoms with E-state index in [2.05, 4.69) is 31.7 Å². The number of nitriles is 1. The van der Waals surface area contributed by atoms with Crippen molar-refractivity contribution in [3.05, 3.63) is 59.5 Å². The Morgan fingerprint density at radius 3 is 2.67 bits per heavy atom. The molecule has 3 heterocycles. The first-order valence-corrected chi connectivity index (χ1v) is 9.31. The molecule has 7 heteroatoms. The van der Waals surface area contributed by atoms with Crippen LogP contribution in [0.3, 0.4) is 0 Å². The molecule has 2 atom stereocenters. The Morgan fingerprint density at radius 2 is 1.93 bits per heavy atom. The number of rotatable bonds is 4. The van der Waals surface area contributed by atoms with Crippen molar-refractivity contribution in [1.82, 2.24) is 20.7 Å². The summed E-state index contributed by atoms with van der Waals surface area (Å²) in [6.07, 6.45) is 1.74. The standard InChI is InChI=1S/C20H23FN6/c21-18-5-3-15(4-6-18)19-17(13-24-25-19)14-26-8-10-27(11-9-26)20-16(12-22)2-1-7-23-20/h1-7,17,19,24-25H,8-11,13-14H2. The molecule has 1 aromatic carbocycles. The van der Waals surface area contributed by atoms with Crippen molar-refractivity contribution in [2.45, 2.75) is 6.04 Å². The lowest BCUT2D eigenvalue weighted by Crippen LogP contribution is -2.48. The molecule has 2 N–H and O–H groups in total. The zero-order valence-corrected chi connectivity index (χ0v) is 15.1. The van der Waals surface area contributed by atoms with Gasteiger partial charge in [-0.1, -0.05) is 12.1 Å². The number of benzene rings is 1.